The topological polar surface area (TPSA) is 61.9 Å². The van der Waals surface area contributed by atoms with E-state index in [-0.39, 0.29) is 5.56 Å². The maximum Gasteiger partial charge on any atom is 0.268 e. The van der Waals surface area contributed by atoms with E-state index in [1.807, 2.05) is 27.7 Å². The van der Waals surface area contributed by atoms with E-state index in [2.05, 4.69) is 16.1 Å². The fourth-order valence-corrected chi connectivity index (χ4v) is 1.79. The molecule has 1 heterocycles. The van der Waals surface area contributed by atoms with E-state index in [0.717, 1.165) is 18.8 Å². The summed E-state index contributed by atoms with van der Waals surface area (Å²) in [6, 6.07) is 3.84. The van der Waals surface area contributed by atoms with Gasteiger partial charge in [-0.05, 0) is 34.1 Å². The Morgan fingerprint density at radius 3 is 2.53 bits per heavy atom. The molecule has 0 spiro atoms. The van der Waals surface area contributed by atoms with Crippen LogP contribution in [-0.2, 0) is 6.54 Å². The van der Waals surface area contributed by atoms with Crippen molar-refractivity contribution in [1.82, 2.24) is 9.78 Å². The van der Waals surface area contributed by atoms with Crippen molar-refractivity contribution in [3.8, 4) is 6.07 Å². The molecule has 104 valence electrons. The Morgan fingerprint density at radius 1 is 1.42 bits per heavy atom. The Morgan fingerprint density at radius 2 is 2.05 bits per heavy atom. The van der Waals surface area contributed by atoms with E-state index in [9.17, 15) is 4.79 Å². The molecule has 1 rings (SSSR count). The second-order valence-corrected chi connectivity index (χ2v) is 5.19. The summed E-state index contributed by atoms with van der Waals surface area (Å²) in [5.74, 6) is 0. The molecule has 0 saturated carbocycles. The summed E-state index contributed by atoms with van der Waals surface area (Å²) < 4.78 is 1.42. The average Bonchev–Trinajstić information content (AvgIpc) is 2.39. The molecule has 0 saturated heterocycles. The number of aromatic nitrogens is 2. The molecular formula is C14H22N4O. The van der Waals surface area contributed by atoms with Crippen molar-refractivity contribution in [2.24, 2.45) is 5.41 Å². The first kappa shape index (κ1) is 15.2. The monoisotopic (exact) mass is 262 g/mol. The SMILES string of the molecule is CCN(CC)c1cnn(CCC(C)(C)C#N)c(=O)c1. The molecule has 0 N–H and O–H groups in total. The molecule has 0 amide bonds. The highest BCUT2D eigenvalue weighted by molar-refractivity contribution is 5.42. The Bertz CT molecular complexity index is 509. The molecule has 19 heavy (non-hydrogen) atoms. The molecule has 0 radical (unpaired) electrons. The van der Waals surface area contributed by atoms with Crippen LogP contribution >= 0.6 is 0 Å². The highest BCUT2D eigenvalue weighted by Gasteiger charge is 2.17. The molecule has 0 aliphatic rings. The smallest absolute Gasteiger partial charge is 0.268 e. The van der Waals surface area contributed by atoms with Crippen LogP contribution in [0.5, 0.6) is 0 Å². The number of hydrogen-bond donors (Lipinski definition) is 0. The first-order valence-corrected chi connectivity index (χ1v) is 6.67. The van der Waals surface area contributed by atoms with Gasteiger partial charge < -0.3 is 4.90 Å². The Balaban J connectivity index is 2.84. The molecule has 5 nitrogen and oxygen atoms in total. The second-order valence-electron chi connectivity index (χ2n) is 5.19. The zero-order valence-corrected chi connectivity index (χ0v) is 12.2. The van der Waals surface area contributed by atoms with Crippen LogP contribution in [-0.4, -0.2) is 22.9 Å². The van der Waals surface area contributed by atoms with Crippen LogP contribution < -0.4 is 10.5 Å². The predicted molar refractivity (Wildman–Crippen MR) is 76.1 cm³/mol. The fourth-order valence-electron chi connectivity index (χ4n) is 1.79. The van der Waals surface area contributed by atoms with E-state index in [1.54, 1.807) is 12.3 Å². The maximum absolute atomic E-state index is 12.0. The maximum atomic E-state index is 12.0. The lowest BCUT2D eigenvalue weighted by Gasteiger charge is -2.21. The number of nitrogens with zero attached hydrogens (tertiary/aromatic N) is 4. The van der Waals surface area contributed by atoms with E-state index < -0.39 is 5.41 Å². The van der Waals surface area contributed by atoms with Crippen molar-refractivity contribution in [2.45, 2.75) is 40.7 Å². The van der Waals surface area contributed by atoms with Gasteiger partial charge >= 0.3 is 0 Å². The third-order valence-corrected chi connectivity index (χ3v) is 3.24. The van der Waals surface area contributed by atoms with Gasteiger partial charge in [-0.1, -0.05) is 0 Å². The number of rotatable bonds is 6. The molecule has 0 aromatic carbocycles. The van der Waals surface area contributed by atoms with E-state index in [1.165, 1.54) is 4.68 Å². The van der Waals surface area contributed by atoms with Crippen molar-refractivity contribution in [3.05, 3.63) is 22.6 Å². The molecule has 0 fully saturated rings. The second kappa shape index (κ2) is 6.37. The van der Waals surface area contributed by atoms with E-state index >= 15 is 0 Å². The van der Waals surface area contributed by atoms with Gasteiger partial charge in [0.05, 0.1) is 23.4 Å². The summed E-state index contributed by atoms with van der Waals surface area (Å²) in [5, 5.41) is 13.1. The third-order valence-electron chi connectivity index (χ3n) is 3.24. The van der Waals surface area contributed by atoms with Crippen LogP contribution in [0.2, 0.25) is 0 Å². The van der Waals surface area contributed by atoms with Gasteiger partial charge in [0.25, 0.3) is 5.56 Å². The predicted octanol–water partition coefficient (Wildman–Crippen LogP) is 2.03. The van der Waals surface area contributed by atoms with Crippen molar-refractivity contribution in [3.63, 3.8) is 0 Å². The number of hydrogen-bond acceptors (Lipinski definition) is 4. The minimum absolute atomic E-state index is 0.113. The Kier molecular flexibility index (Phi) is 5.11. The molecule has 0 unspecified atom stereocenters. The summed E-state index contributed by atoms with van der Waals surface area (Å²) in [7, 11) is 0. The minimum Gasteiger partial charge on any atom is -0.371 e. The van der Waals surface area contributed by atoms with Crippen LogP contribution in [0.25, 0.3) is 0 Å². The molecule has 5 heteroatoms. The van der Waals surface area contributed by atoms with Crippen LogP contribution in [0.3, 0.4) is 0 Å². The first-order valence-electron chi connectivity index (χ1n) is 6.67. The quantitative estimate of drug-likeness (QED) is 0.787. The molecular weight excluding hydrogens is 240 g/mol. The lowest BCUT2D eigenvalue weighted by molar-refractivity contribution is 0.391. The fraction of sp³-hybridized carbons (Fsp3) is 0.643. The first-order chi connectivity index (χ1) is 8.93. The average molecular weight is 262 g/mol. The van der Waals surface area contributed by atoms with Crippen LogP contribution in [0.1, 0.15) is 34.1 Å². The third kappa shape index (κ3) is 4.09. The zero-order valence-electron chi connectivity index (χ0n) is 12.2. The van der Waals surface area contributed by atoms with Crippen LogP contribution in [0, 0.1) is 16.7 Å². The number of anilines is 1. The molecule has 1 aromatic heterocycles. The largest absolute Gasteiger partial charge is 0.371 e. The van der Waals surface area contributed by atoms with Gasteiger partial charge in [0.2, 0.25) is 0 Å². The highest BCUT2D eigenvalue weighted by atomic mass is 16.1. The molecule has 0 bridgehead atoms. The summed E-state index contributed by atoms with van der Waals surface area (Å²) in [5.41, 5.74) is 0.308. The summed E-state index contributed by atoms with van der Waals surface area (Å²) in [4.78, 5) is 14.1. The van der Waals surface area contributed by atoms with Crippen molar-refractivity contribution >= 4 is 5.69 Å². The Hall–Kier alpha value is -1.83. The van der Waals surface area contributed by atoms with Gasteiger partial charge in [0.1, 0.15) is 0 Å². The molecule has 0 atom stereocenters. The van der Waals surface area contributed by atoms with Crippen molar-refractivity contribution in [1.29, 1.82) is 5.26 Å². The van der Waals surface area contributed by atoms with E-state index in [4.69, 9.17) is 5.26 Å². The normalized spacial score (nSPS) is 11.1. The van der Waals surface area contributed by atoms with Gasteiger partial charge in [-0.2, -0.15) is 10.4 Å². The molecule has 0 aliphatic carbocycles. The lowest BCUT2D eigenvalue weighted by Crippen LogP contribution is -2.28. The van der Waals surface area contributed by atoms with Crippen LogP contribution in [0.15, 0.2) is 17.1 Å². The minimum atomic E-state index is -0.432. The van der Waals surface area contributed by atoms with Crippen LogP contribution in [0.4, 0.5) is 5.69 Å². The summed E-state index contributed by atoms with van der Waals surface area (Å²) in [6.07, 6.45) is 2.33. The standard InChI is InChI=1S/C14H22N4O/c1-5-17(6-2)12-9-13(19)18(16-10-12)8-7-14(3,4)11-15/h9-10H,5-8H2,1-4H3. The highest BCUT2D eigenvalue weighted by Crippen LogP contribution is 2.18. The molecule has 0 aliphatic heterocycles. The van der Waals surface area contributed by atoms with Crippen molar-refractivity contribution in [2.75, 3.05) is 18.0 Å². The van der Waals surface area contributed by atoms with Gasteiger partial charge in [-0.15, -0.1) is 0 Å². The molecule has 1 aromatic rings. The Labute approximate surface area is 114 Å². The summed E-state index contributed by atoms with van der Waals surface area (Å²) >= 11 is 0. The van der Waals surface area contributed by atoms with E-state index in [0.29, 0.717) is 13.0 Å². The number of nitriles is 1. The van der Waals surface area contributed by atoms with Gasteiger partial charge in [0.15, 0.2) is 0 Å². The van der Waals surface area contributed by atoms with Gasteiger partial charge in [0, 0.05) is 25.7 Å². The van der Waals surface area contributed by atoms with Crippen molar-refractivity contribution < 1.29 is 0 Å². The lowest BCUT2D eigenvalue weighted by atomic mass is 9.92. The summed E-state index contributed by atoms with van der Waals surface area (Å²) in [6.45, 7) is 9.99. The van der Waals surface area contributed by atoms with Gasteiger partial charge in [-0.25, -0.2) is 4.68 Å². The zero-order chi connectivity index (χ0) is 14.5. The van der Waals surface area contributed by atoms with Gasteiger partial charge in [-0.3, -0.25) is 4.79 Å². The number of aryl methyl sites for hydroxylation is 1.